The van der Waals surface area contributed by atoms with Gasteiger partial charge in [0, 0.05) is 18.9 Å². The Morgan fingerprint density at radius 1 is 1.33 bits per heavy atom. The minimum atomic E-state index is -0.0544. The molecule has 1 N–H and O–H groups in total. The van der Waals surface area contributed by atoms with Crippen molar-refractivity contribution < 1.29 is 14.3 Å². The number of rotatable bonds is 3. The van der Waals surface area contributed by atoms with Crippen LogP contribution in [0.1, 0.15) is 32.1 Å². The first-order valence-corrected chi connectivity index (χ1v) is 5.85. The molecule has 0 aromatic carbocycles. The van der Waals surface area contributed by atoms with Gasteiger partial charge in [-0.15, -0.1) is 0 Å². The molecule has 0 radical (unpaired) electrons. The Kier molecular flexibility index (Phi) is 3.97. The maximum absolute atomic E-state index is 11.6. The molecule has 4 nitrogen and oxygen atoms in total. The van der Waals surface area contributed by atoms with E-state index < -0.39 is 0 Å². The smallest absolute Gasteiger partial charge is 0.307 e. The van der Waals surface area contributed by atoms with Gasteiger partial charge in [-0.3, -0.25) is 4.79 Å². The number of carbonyl (C=O) groups excluding carboxylic acids is 1. The molecule has 2 fully saturated rings. The fraction of sp³-hybridized carbons (Fsp3) is 0.909. The van der Waals surface area contributed by atoms with Crippen molar-refractivity contribution in [2.24, 2.45) is 0 Å². The fourth-order valence-corrected chi connectivity index (χ4v) is 2.16. The predicted octanol–water partition coefficient (Wildman–Crippen LogP) is 0.851. The van der Waals surface area contributed by atoms with Crippen LogP contribution in [-0.2, 0) is 14.3 Å². The summed E-state index contributed by atoms with van der Waals surface area (Å²) in [6.07, 6.45) is 4.59. The molecule has 2 saturated heterocycles. The minimum Gasteiger partial charge on any atom is -0.462 e. The lowest BCUT2D eigenvalue weighted by Gasteiger charge is -2.22. The average molecular weight is 213 g/mol. The molecule has 2 aliphatic rings. The van der Waals surface area contributed by atoms with Gasteiger partial charge < -0.3 is 14.8 Å². The van der Waals surface area contributed by atoms with E-state index in [4.69, 9.17) is 9.47 Å². The van der Waals surface area contributed by atoms with E-state index in [9.17, 15) is 4.79 Å². The molecular formula is C11H19NO3. The van der Waals surface area contributed by atoms with Gasteiger partial charge in [-0.25, -0.2) is 0 Å². The summed E-state index contributed by atoms with van der Waals surface area (Å²) in [5.41, 5.74) is 0. The molecule has 0 aromatic rings. The molecule has 0 aromatic heterocycles. The quantitative estimate of drug-likeness (QED) is 0.706. The minimum absolute atomic E-state index is 0.0544. The number of hydrogen-bond acceptors (Lipinski definition) is 4. The standard InChI is InChI=1S/C11H19NO3/c13-11(8-9-2-1-5-12-9)15-10-3-6-14-7-4-10/h9-10,12H,1-8H2. The summed E-state index contributed by atoms with van der Waals surface area (Å²) in [6, 6.07) is 0.345. The first kappa shape index (κ1) is 10.9. The highest BCUT2D eigenvalue weighted by molar-refractivity contribution is 5.70. The number of carbonyl (C=O) groups is 1. The van der Waals surface area contributed by atoms with E-state index in [0.29, 0.717) is 12.5 Å². The first-order valence-electron chi connectivity index (χ1n) is 5.85. The van der Waals surface area contributed by atoms with Gasteiger partial charge in [-0.2, -0.15) is 0 Å². The number of nitrogens with one attached hydrogen (secondary N) is 1. The summed E-state index contributed by atoms with van der Waals surface area (Å²) in [5, 5.41) is 3.30. The summed E-state index contributed by atoms with van der Waals surface area (Å²) in [4.78, 5) is 11.6. The topological polar surface area (TPSA) is 47.6 Å². The Balaban J connectivity index is 1.66. The van der Waals surface area contributed by atoms with Gasteiger partial charge in [0.05, 0.1) is 19.6 Å². The first-order chi connectivity index (χ1) is 7.34. The van der Waals surface area contributed by atoms with E-state index in [-0.39, 0.29) is 12.1 Å². The van der Waals surface area contributed by atoms with Crippen LogP contribution in [-0.4, -0.2) is 37.9 Å². The Labute approximate surface area is 90.3 Å². The van der Waals surface area contributed by atoms with Crippen LogP contribution >= 0.6 is 0 Å². The Morgan fingerprint density at radius 2 is 2.13 bits per heavy atom. The molecule has 2 heterocycles. The summed E-state index contributed by atoms with van der Waals surface area (Å²) in [6.45, 7) is 2.48. The summed E-state index contributed by atoms with van der Waals surface area (Å²) < 4.78 is 10.6. The van der Waals surface area contributed by atoms with Gasteiger partial charge >= 0.3 is 5.97 Å². The molecule has 15 heavy (non-hydrogen) atoms. The Hall–Kier alpha value is -0.610. The lowest BCUT2D eigenvalue weighted by molar-refractivity contribution is -0.153. The zero-order chi connectivity index (χ0) is 10.5. The molecule has 0 amide bonds. The summed E-state index contributed by atoms with van der Waals surface area (Å²) in [7, 11) is 0. The van der Waals surface area contributed by atoms with Crippen LogP contribution in [0.5, 0.6) is 0 Å². The van der Waals surface area contributed by atoms with Crippen molar-refractivity contribution in [3.63, 3.8) is 0 Å². The van der Waals surface area contributed by atoms with Gasteiger partial charge in [0.25, 0.3) is 0 Å². The van der Waals surface area contributed by atoms with Gasteiger partial charge in [0.2, 0.25) is 0 Å². The average Bonchev–Trinajstić information content (AvgIpc) is 2.71. The second kappa shape index (κ2) is 5.47. The van der Waals surface area contributed by atoms with Crippen molar-refractivity contribution >= 4 is 5.97 Å². The Bertz CT molecular complexity index is 208. The monoisotopic (exact) mass is 213 g/mol. The van der Waals surface area contributed by atoms with Gasteiger partial charge in [0.1, 0.15) is 6.10 Å². The van der Waals surface area contributed by atoms with Gasteiger partial charge in [-0.1, -0.05) is 0 Å². The molecule has 2 rings (SSSR count). The zero-order valence-corrected chi connectivity index (χ0v) is 9.04. The van der Waals surface area contributed by atoms with Crippen LogP contribution < -0.4 is 5.32 Å². The van der Waals surface area contributed by atoms with Crippen LogP contribution in [0.2, 0.25) is 0 Å². The van der Waals surface area contributed by atoms with Gasteiger partial charge in [-0.05, 0) is 19.4 Å². The summed E-state index contributed by atoms with van der Waals surface area (Å²) in [5.74, 6) is -0.0544. The fourth-order valence-electron chi connectivity index (χ4n) is 2.16. The van der Waals surface area contributed by atoms with Crippen molar-refractivity contribution in [3.8, 4) is 0 Å². The third kappa shape index (κ3) is 3.47. The van der Waals surface area contributed by atoms with Crippen LogP contribution in [0.15, 0.2) is 0 Å². The lowest BCUT2D eigenvalue weighted by Crippen LogP contribution is -2.30. The number of hydrogen-bond donors (Lipinski definition) is 1. The van der Waals surface area contributed by atoms with Crippen molar-refractivity contribution in [2.75, 3.05) is 19.8 Å². The highest BCUT2D eigenvalue weighted by atomic mass is 16.6. The van der Waals surface area contributed by atoms with Crippen LogP contribution in [0.25, 0.3) is 0 Å². The van der Waals surface area contributed by atoms with E-state index in [1.165, 1.54) is 6.42 Å². The SMILES string of the molecule is O=C(CC1CCCN1)OC1CCOCC1. The highest BCUT2D eigenvalue weighted by Crippen LogP contribution is 2.14. The zero-order valence-electron chi connectivity index (χ0n) is 9.04. The van der Waals surface area contributed by atoms with Crippen molar-refractivity contribution in [1.82, 2.24) is 5.32 Å². The van der Waals surface area contributed by atoms with E-state index in [1.54, 1.807) is 0 Å². The van der Waals surface area contributed by atoms with Crippen molar-refractivity contribution in [2.45, 2.75) is 44.2 Å². The Morgan fingerprint density at radius 3 is 2.80 bits per heavy atom. The van der Waals surface area contributed by atoms with Crippen molar-refractivity contribution in [3.05, 3.63) is 0 Å². The molecule has 0 spiro atoms. The van der Waals surface area contributed by atoms with Crippen molar-refractivity contribution in [1.29, 1.82) is 0 Å². The lowest BCUT2D eigenvalue weighted by atomic mass is 10.1. The highest BCUT2D eigenvalue weighted by Gasteiger charge is 2.22. The second-order valence-corrected chi connectivity index (χ2v) is 4.30. The third-order valence-corrected chi connectivity index (χ3v) is 3.04. The van der Waals surface area contributed by atoms with Crippen LogP contribution in [0.3, 0.4) is 0 Å². The molecule has 4 heteroatoms. The maximum Gasteiger partial charge on any atom is 0.307 e. The normalized spacial score (nSPS) is 27.9. The molecule has 0 bridgehead atoms. The number of ether oxygens (including phenoxy) is 2. The largest absolute Gasteiger partial charge is 0.462 e. The predicted molar refractivity (Wildman–Crippen MR) is 55.6 cm³/mol. The summed E-state index contributed by atoms with van der Waals surface area (Å²) >= 11 is 0. The second-order valence-electron chi connectivity index (χ2n) is 4.30. The molecular weight excluding hydrogens is 194 g/mol. The van der Waals surface area contributed by atoms with E-state index >= 15 is 0 Å². The number of esters is 1. The maximum atomic E-state index is 11.6. The molecule has 2 aliphatic heterocycles. The van der Waals surface area contributed by atoms with Crippen LogP contribution in [0.4, 0.5) is 0 Å². The van der Waals surface area contributed by atoms with E-state index in [1.807, 2.05) is 0 Å². The van der Waals surface area contributed by atoms with E-state index in [2.05, 4.69) is 5.32 Å². The molecule has 0 saturated carbocycles. The van der Waals surface area contributed by atoms with E-state index in [0.717, 1.165) is 39.0 Å². The third-order valence-electron chi connectivity index (χ3n) is 3.04. The molecule has 1 atom stereocenters. The molecule has 86 valence electrons. The van der Waals surface area contributed by atoms with Gasteiger partial charge in [0.15, 0.2) is 0 Å². The molecule has 1 unspecified atom stereocenters. The molecule has 0 aliphatic carbocycles. The van der Waals surface area contributed by atoms with Crippen LogP contribution in [0, 0.1) is 0 Å².